The van der Waals surface area contributed by atoms with E-state index in [1.165, 1.54) is 0 Å². The summed E-state index contributed by atoms with van der Waals surface area (Å²) in [4.78, 5) is 11.7. The standard InChI is InChI=1S/C15H28O2/c1-9(2)13(10(3)4)14(11(5)6)17-15(16)12(7)8/h9-11,13-14H,7H2,1-6,8H3. The molecule has 17 heavy (non-hydrogen) atoms. The number of carbonyl (C=O) groups is 1. The van der Waals surface area contributed by atoms with Crippen molar-refractivity contribution in [1.82, 2.24) is 0 Å². The molecule has 1 atom stereocenters. The molecule has 0 heterocycles. The van der Waals surface area contributed by atoms with E-state index in [0.717, 1.165) is 0 Å². The fourth-order valence-corrected chi connectivity index (χ4v) is 2.41. The highest BCUT2D eigenvalue weighted by Gasteiger charge is 2.32. The molecule has 0 aromatic carbocycles. The molecule has 0 amide bonds. The summed E-state index contributed by atoms with van der Waals surface area (Å²) in [5.41, 5.74) is 0.474. The number of hydrogen-bond donors (Lipinski definition) is 0. The minimum absolute atomic E-state index is 0.0285. The van der Waals surface area contributed by atoms with Crippen LogP contribution in [0, 0.1) is 23.7 Å². The first-order chi connectivity index (χ1) is 7.68. The molecule has 0 rings (SSSR count). The van der Waals surface area contributed by atoms with Crippen LogP contribution in [0.4, 0.5) is 0 Å². The van der Waals surface area contributed by atoms with Crippen molar-refractivity contribution in [2.45, 2.75) is 54.6 Å². The van der Waals surface area contributed by atoms with Crippen LogP contribution in [0.3, 0.4) is 0 Å². The molecule has 0 saturated heterocycles. The van der Waals surface area contributed by atoms with Crippen molar-refractivity contribution in [3.05, 3.63) is 12.2 Å². The zero-order valence-electron chi connectivity index (χ0n) is 12.4. The topological polar surface area (TPSA) is 26.3 Å². The fraction of sp³-hybridized carbons (Fsp3) is 0.800. The Kier molecular flexibility index (Phi) is 6.51. The third-order valence-corrected chi connectivity index (χ3v) is 3.17. The first-order valence-electron chi connectivity index (χ1n) is 6.54. The predicted octanol–water partition coefficient (Wildman–Crippen LogP) is 4.06. The number of ether oxygens (including phenoxy) is 1. The minimum Gasteiger partial charge on any atom is -0.458 e. The van der Waals surface area contributed by atoms with Crippen LogP contribution < -0.4 is 0 Å². The predicted molar refractivity (Wildman–Crippen MR) is 72.7 cm³/mol. The van der Waals surface area contributed by atoms with E-state index >= 15 is 0 Å². The van der Waals surface area contributed by atoms with Gasteiger partial charge < -0.3 is 4.74 Å². The lowest BCUT2D eigenvalue weighted by Gasteiger charge is -2.35. The first-order valence-corrected chi connectivity index (χ1v) is 6.54. The Morgan fingerprint density at radius 3 is 1.59 bits per heavy atom. The molecule has 0 radical (unpaired) electrons. The quantitative estimate of drug-likeness (QED) is 0.517. The average molecular weight is 240 g/mol. The van der Waals surface area contributed by atoms with E-state index in [1.807, 2.05) is 0 Å². The molecule has 0 N–H and O–H groups in total. The minimum atomic E-state index is -0.269. The second-order valence-electron chi connectivity index (χ2n) is 5.96. The summed E-state index contributed by atoms with van der Waals surface area (Å²) in [6, 6.07) is 0. The Labute approximate surface area is 106 Å². The van der Waals surface area contributed by atoms with Gasteiger partial charge in [0, 0.05) is 11.5 Å². The molecular formula is C15H28O2. The zero-order valence-corrected chi connectivity index (χ0v) is 12.4. The van der Waals surface area contributed by atoms with Crippen molar-refractivity contribution < 1.29 is 9.53 Å². The molecule has 100 valence electrons. The third kappa shape index (κ3) is 4.93. The lowest BCUT2D eigenvalue weighted by Crippen LogP contribution is -2.37. The van der Waals surface area contributed by atoms with E-state index in [1.54, 1.807) is 6.92 Å². The van der Waals surface area contributed by atoms with E-state index in [0.29, 0.717) is 29.2 Å². The van der Waals surface area contributed by atoms with Crippen LogP contribution in [0.5, 0.6) is 0 Å². The maximum absolute atomic E-state index is 11.7. The third-order valence-electron chi connectivity index (χ3n) is 3.17. The summed E-state index contributed by atoms with van der Waals surface area (Å²) in [7, 11) is 0. The van der Waals surface area contributed by atoms with E-state index in [-0.39, 0.29) is 12.1 Å². The lowest BCUT2D eigenvalue weighted by molar-refractivity contribution is -0.152. The highest BCUT2D eigenvalue weighted by molar-refractivity contribution is 5.87. The molecule has 1 unspecified atom stereocenters. The number of carbonyl (C=O) groups excluding carboxylic acids is 1. The Balaban J connectivity index is 4.94. The van der Waals surface area contributed by atoms with Crippen molar-refractivity contribution in [3.63, 3.8) is 0 Å². The van der Waals surface area contributed by atoms with Gasteiger partial charge in [0.05, 0.1) is 0 Å². The Bertz CT molecular complexity index is 256. The number of rotatable bonds is 6. The maximum atomic E-state index is 11.7. The normalized spacial score (nSPS) is 13.6. The summed E-state index contributed by atoms with van der Waals surface area (Å²) in [5, 5.41) is 0. The first kappa shape index (κ1) is 16.2. The van der Waals surface area contributed by atoms with Gasteiger partial charge in [-0.25, -0.2) is 4.79 Å². The van der Waals surface area contributed by atoms with Crippen LogP contribution in [0.1, 0.15) is 48.5 Å². The highest BCUT2D eigenvalue weighted by atomic mass is 16.5. The molecule has 0 aliphatic rings. The molecule has 2 nitrogen and oxygen atoms in total. The van der Waals surface area contributed by atoms with Crippen molar-refractivity contribution in [1.29, 1.82) is 0 Å². The summed E-state index contributed by atoms with van der Waals surface area (Å²) >= 11 is 0. The molecule has 0 aromatic rings. The van der Waals surface area contributed by atoms with Crippen molar-refractivity contribution >= 4 is 5.97 Å². The van der Waals surface area contributed by atoms with Crippen molar-refractivity contribution in [2.24, 2.45) is 23.7 Å². The fourth-order valence-electron chi connectivity index (χ4n) is 2.41. The van der Waals surface area contributed by atoms with Crippen LogP contribution in [0.15, 0.2) is 12.2 Å². The molecule has 2 heteroatoms. The van der Waals surface area contributed by atoms with Gasteiger partial charge in [0.25, 0.3) is 0 Å². The van der Waals surface area contributed by atoms with E-state index in [4.69, 9.17) is 4.74 Å². The smallest absolute Gasteiger partial charge is 0.333 e. The van der Waals surface area contributed by atoms with Crippen LogP contribution in [-0.4, -0.2) is 12.1 Å². The lowest BCUT2D eigenvalue weighted by atomic mass is 9.77. The summed E-state index contributed by atoms with van der Waals surface area (Å²) < 4.78 is 5.62. The number of hydrogen-bond acceptors (Lipinski definition) is 2. The zero-order chi connectivity index (χ0) is 13.7. The van der Waals surface area contributed by atoms with Crippen LogP contribution in [0.25, 0.3) is 0 Å². The van der Waals surface area contributed by atoms with Crippen molar-refractivity contribution in [3.8, 4) is 0 Å². The molecular weight excluding hydrogens is 212 g/mol. The monoisotopic (exact) mass is 240 g/mol. The summed E-state index contributed by atoms with van der Waals surface area (Å²) in [6.45, 7) is 18.3. The Morgan fingerprint density at radius 1 is 0.941 bits per heavy atom. The van der Waals surface area contributed by atoms with E-state index in [9.17, 15) is 4.79 Å². The second kappa shape index (κ2) is 6.83. The van der Waals surface area contributed by atoms with E-state index in [2.05, 4.69) is 48.1 Å². The molecule has 0 spiro atoms. The maximum Gasteiger partial charge on any atom is 0.333 e. The molecule has 0 aromatic heterocycles. The van der Waals surface area contributed by atoms with Crippen LogP contribution >= 0.6 is 0 Å². The number of esters is 1. The van der Waals surface area contributed by atoms with E-state index < -0.39 is 0 Å². The largest absolute Gasteiger partial charge is 0.458 e. The van der Waals surface area contributed by atoms with Gasteiger partial charge in [-0.1, -0.05) is 48.1 Å². The van der Waals surface area contributed by atoms with Crippen LogP contribution in [-0.2, 0) is 9.53 Å². The molecule has 0 fully saturated rings. The Morgan fingerprint density at radius 2 is 1.35 bits per heavy atom. The Hall–Kier alpha value is -0.790. The van der Waals surface area contributed by atoms with Gasteiger partial charge in [0.15, 0.2) is 0 Å². The summed E-state index contributed by atoms with van der Waals surface area (Å²) in [6.07, 6.45) is -0.0285. The molecule has 0 saturated carbocycles. The van der Waals surface area contributed by atoms with Gasteiger partial charge in [-0.05, 0) is 24.7 Å². The van der Waals surface area contributed by atoms with Crippen LogP contribution in [0.2, 0.25) is 0 Å². The summed E-state index contributed by atoms with van der Waals surface area (Å²) in [5.74, 6) is 1.45. The highest BCUT2D eigenvalue weighted by Crippen LogP contribution is 2.30. The molecule has 0 aliphatic carbocycles. The SMILES string of the molecule is C=C(C)C(=O)OC(C(C)C)C(C(C)C)C(C)C. The van der Waals surface area contributed by atoms with Gasteiger partial charge in [-0.3, -0.25) is 0 Å². The second-order valence-corrected chi connectivity index (χ2v) is 5.96. The molecule has 0 bridgehead atoms. The average Bonchev–Trinajstić information content (AvgIpc) is 2.14. The van der Waals surface area contributed by atoms with Gasteiger partial charge in [0.2, 0.25) is 0 Å². The van der Waals surface area contributed by atoms with Gasteiger partial charge in [-0.2, -0.15) is 0 Å². The van der Waals surface area contributed by atoms with Gasteiger partial charge in [0.1, 0.15) is 6.10 Å². The molecule has 0 aliphatic heterocycles. The van der Waals surface area contributed by atoms with Gasteiger partial charge >= 0.3 is 5.97 Å². The van der Waals surface area contributed by atoms with Gasteiger partial charge in [-0.15, -0.1) is 0 Å². The van der Waals surface area contributed by atoms with Crippen molar-refractivity contribution in [2.75, 3.05) is 0 Å².